The second kappa shape index (κ2) is 8.66. The number of benzene rings is 2. The average molecular weight is 396 g/mol. The molecule has 0 saturated carbocycles. The zero-order valence-corrected chi connectivity index (χ0v) is 17.3. The summed E-state index contributed by atoms with van der Waals surface area (Å²) in [6, 6.07) is 13.3. The van der Waals surface area contributed by atoms with Crippen LogP contribution in [0.25, 0.3) is 11.1 Å². The van der Waals surface area contributed by atoms with E-state index in [9.17, 15) is 14.7 Å². The minimum absolute atomic E-state index is 0.000114. The molecule has 6 heteroatoms. The van der Waals surface area contributed by atoms with Gasteiger partial charge in [-0.2, -0.15) is 0 Å². The maximum Gasteiger partial charge on any atom is 0.407 e. The Labute approximate surface area is 171 Å². The van der Waals surface area contributed by atoms with Crippen molar-refractivity contribution in [2.24, 2.45) is 0 Å². The molecule has 0 fully saturated rings. The van der Waals surface area contributed by atoms with E-state index in [1.165, 1.54) is 0 Å². The van der Waals surface area contributed by atoms with E-state index in [4.69, 9.17) is 4.74 Å². The number of alkyl carbamates (subject to hydrolysis) is 1. The first kappa shape index (κ1) is 20.9. The highest BCUT2D eigenvalue weighted by atomic mass is 16.6. The quantitative estimate of drug-likeness (QED) is 0.813. The van der Waals surface area contributed by atoms with Crippen LogP contribution in [-0.4, -0.2) is 29.3 Å². The monoisotopic (exact) mass is 396 g/mol. The Balaban J connectivity index is 2.00. The molecule has 3 rings (SSSR count). The van der Waals surface area contributed by atoms with Crippen molar-refractivity contribution in [2.45, 2.75) is 58.9 Å². The van der Waals surface area contributed by atoms with Gasteiger partial charge in [0.2, 0.25) is 5.91 Å². The van der Waals surface area contributed by atoms with Crippen LogP contribution < -0.4 is 10.2 Å². The fourth-order valence-corrected chi connectivity index (χ4v) is 3.85. The number of nitrogens with zero attached hydrogens (tertiary/aromatic N) is 1. The fraction of sp³-hybridized carbons (Fsp3) is 0.391. The van der Waals surface area contributed by atoms with Gasteiger partial charge in [-0.1, -0.05) is 30.3 Å². The summed E-state index contributed by atoms with van der Waals surface area (Å²) in [5.74, 6) is -0.0259. The first-order valence-electron chi connectivity index (χ1n) is 9.91. The lowest BCUT2D eigenvalue weighted by Gasteiger charge is -2.39. The summed E-state index contributed by atoms with van der Waals surface area (Å²) >= 11 is 0. The SMILES string of the molecule is CC(=O)N1c2ccc(-c3ccc(CO)cc3)cc2[C@H](NC(=O)OC(C)C)C[C@@H]1C. The van der Waals surface area contributed by atoms with Crippen LogP contribution >= 0.6 is 0 Å². The molecule has 0 aliphatic carbocycles. The van der Waals surface area contributed by atoms with Crippen molar-refractivity contribution in [2.75, 3.05) is 4.90 Å². The van der Waals surface area contributed by atoms with Crippen molar-refractivity contribution < 1.29 is 19.4 Å². The van der Waals surface area contributed by atoms with E-state index in [1.54, 1.807) is 11.8 Å². The van der Waals surface area contributed by atoms with Gasteiger partial charge in [0.25, 0.3) is 0 Å². The van der Waals surface area contributed by atoms with Crippen molar-refractivity contribution in [1.29, 1.82) is 0 Å². The molecule has 2 N–H and O–H groups in total. The Kier molecular flexibility index (Phi) is 6.23. The van der Waals surface area contributed by atoms with E-state index < -0.39 is 6.09 Å². The zero-order valence-electron chi connectivity index (χ0n) is 17.3. The van der Waals surface area contributed by atoms with Gasteiger partial charge in [0.05, 0.1) is 18.8 Å². The number of carbonyl (C=O) groups is 2. The van der Waals surface area contributed by atoms with E-state index >= 15 is 0 Å². The summed E-state index contributed by atoms with van der Waals surface area (Å²) in [6.45, 7) is 7.15. The Bertz CT molecular complexity index is 892. The van der Waals surface area contributed by atoms with Gasteiger partial charge in [-0.05, 0) is 61.6 Å². The van der Waals surface area contributed by atoms with Crippen molar-refractivity contribution >= 4 is 17.7 Å². The summed E-state index contributed by atoms with van der Waals surface area (Å²) in [4.78, 5) is 26.3. The van der Waals surface area contributed by atoms with Crippen molar-refractivity contribution in [3.63, 3.8) is 0 Å². The van der Waals surface area contributed by atoms with Crippen LogP contribution in [0, 0.1) is 0 Å². The summed E-state index contributed by atoms with van der Waals surface area (Å²) in [5, 5.41) is 12.2. The lowest BCUT2D eigenvalue weighted by atomic mass is 9.89. The normalized spacial score (nSPS) is 18.3. The van der Waals surface area contributed by atoms with Crippen LogP contribution in [0.2, 0.25) is 0 Å². The van der Waals surface area contributed by atoms with Gasteiger partial charge in [-0.25, -0.2) is 4.79 Å². The highest BCUT2D eigenvalue weighted by Gasteiger charge is 2.33. The number of aliphatic hydroxyl groups is 1. The summed E-state index contributed by atoms with van der Waals surface area (Å²) < 4.78 is 5.26. The maximum absolute atomic E-state index is 12.3. The third kappa shape index (κ3) is 4.59. The smallest absolute Gasteiger partial charge is 0.407 e. The number of hydrogen-bond acceptors (Lipinski definition) is 4. The van der Waals surface area contributed by atoms with Crippen molar-refractivity contribution in [1.82, 2.24) is 5.32 Å². The molecule has 154 valence electrons. The average Bonchev–Trinajstić information content (AvgIpc) is 2.67. The maximum atomic E-state index is 12.3. The van der Waals surface area contributed by atoms with Crippen LogP contribution in [0.5, 0.6) is 0 Å². The molecule has 1 aliphatic rings. The molecular weight excluding hydrogens is 368 g/mol. The lowest BCUT2D eigenvalue weighted by molar-refractivity contribution is -0.117. The molecule has 0 bridgehead atoms. The second-order valence-corrected chi connectivity index (χ2v) is 7.75. The van der Waals surface area contributed by atoms with E-state index in [0.717, 1.165) is 27.9 Å². The number of carbonyl (C=O) groups excluding carboxylic acids is 2. The Hall–Kier alpha value is -2.86. The first-order chi connectivity index (χ1) is 13.8. The van der Waals surface area contributed by atoms with E-state index in [-0.39, 0.29) is 30.7 Å². The largest absolute Gasteiger partial charge is 0.447 e. The summed E-state index contributed by atoms with van der Waals surface area (Å²) in [5.41, 5.74) is 4.53. The molecule has 2 amide bonds. The predicted molar refractivity (Wildman–Crippen MR) is 113 cm³/mol. The molecule has 0 radical (unpaired) electrons. The Morgan fingerprint density at radius 2 is 1.83 bits per heavy atom. The molecule has 1 heterocycles. The number of hydrogen-bond donors (Lipinski definition) is 2. The number of nitrogens with one attached hydrogen (secondary N) is 1. The van der Waals surface area contributed by atoms with Gasteiger partial charge in [0.15, 0.2) is 0 Å². The lowest BCUT2D eigenvalue weighted by Crippen LogP contribution is -2.45. The van der Waals surface area contributed by atoms with Crippen LogP contribution in [0.1, 0.15) is 51.3 Å². The van der Waals surface area contributed by atoms with Crippen molar-refractivity contribution in [3.8, 4) is 11.1 Å². The van der Waals surface area contributed by atoms with E-state index in [2.05, 4.69) is 5.32 Å². The molecule has 2 atom stereocenters. The van der Waals surface area contributed by atoms with Crippen LogP contribution in [0.4, 0.5) is 10.5 Å². The van der Waals surface area contributed by atoms with E-state index in [0.29, 0.717) is 6.42 Å². The predicted octanol–water partition coefficient (Wildman–Crippen LogP) is 4.17. The van der Waals surface area contributed by atoms with E-state index in [1.807, 2.05) is 63.2 Å². The molecule has 2 aromatic rings. The van der Waals surface area contributed by atoms with Gasteiger partial charge in [-0.15, -0.1) is 0 Å². The molecule has 0 aromatic heterocycles. The molecule has 29 heavy (non-hydrogen) atoms. The number of fused-ring (bicyclic) bond motifs is 1. The van der Waals surface area contributed by atoms with Gasteiger partial charge >= 0.3 is 6.09 Å². The Morgan fingerprint density at radius 1 is 1.17 bits per heavy atom. The molecule has 0 unspecified atom stereocenters. The number of anilines is 1. The first-order valence-corrected chi connectivity index (χ1v) is 9.91. The molecule has 0 spiro atoms. The molecule has 0 saturated heterocycles. The minimum Gasteiger partial charge on any atom is -0.447 e. The third-order valence-corrected chi connectivity index (χ3v) is 5.12. The fourth-order valence-electron chi connectivity index (χ4n) is 3.85. The highest BCUT2D eigenvalue weighted by Crippen LogP contribution is 2.39. The zero-order chi connectivity index (χ0) is 21.1. The summed E-state index contributed by atoms with van der Waals surface area (Å²) in [7, 11) is 0. The number of aliphatic hydroxyl groups excluding tert-OH is 1. The molecular formula is C23H28N2O4. The molecule has 6 nitrogen and oxygen atoms in total. The van der Waals surface area contributed by atoms with Crippen LogP contribution in [0.15, 0.2) is 42.5 Å². The number of rotatable bonds is 4. The van der Waals surface area contributed by atoms with Crippen LogP contribution in [0.3, 0.4) is 0 Å². The third-order valence-electron chi connectivity index (χ3n) is 5.12. The topological polar surface area (TPSA) is 78.9 Å². The van der Waals surface area contributed by atoms with Gasteiger partial charge < -0.3 is 20.1 Å². The molecule has 1 aliphatic heterocycles. The molecule has 2 aromatic carbocycles. The van der Waals surface area contributed by atoms with Crippen molar-refractivity contribution in [3.05, 3.63) is 53.6 Å². The van der Waals surface area contributed by atoms with Crippen LogP contribution in [-0.2, 0) is 16.1 Å². The number of ether oxygens (including phenoxy) is 1. The summed E-state index contributed by atoms with van der Waals surface area (Å²) in [6.07, 6.45) is -0.0649. The Morgan fingerprint density at radius 3 is 2.41 bits per heavy atom. The highest BCUT2D eigenvalue weighted by molar-refractivity contribution is 5.94. The standard InChI is InChI=1S/C23H28N2O4/c1-14(2)29-23(28)24-21-11-15(3)25(16(4)27)22-10-9-19(12-20(21)22)18-7-5-17(13-26)6-8-18/h5-10,12,14-15,21,26H,11,13H2,1-4H3,(H,24,28)/t15-,21+/m0/s1. The minimum atomic E-state index is -0.461. The van der Waals surface area contributed by atoms with Gasteiger partial charge in [0, 0.05) is 18.7 Å². The van der Waals surface area contributed by atoms with Gasteiger partial charge in [0.1, 0.15) is 0 Å². The second-order valence-electron chi connectivity index (χ2n) is 7.75. The number of amides is 2. The van der Waals surface area contributed by atoms with Gasteiger partial charge in [-0.3, -0.25) is 4.79 Å².